The van der Waals surface area contributed by atoms with Crippen LogP contribution in [0.1, 0.15) is 45.9 Å². The van der Waals surface area contributed by atoms with Crippen LogP contribution in [0.25, 0.3) is 22.5 Å². The molecule has 0 bridgehead atoms. The van der Waals surface area contributed by atoms with Crippen molar-refractivity contribution >= 4 is 29.6 Å². The van der Waals surface area contributed by atoms with Gasteiger partial charge in [-0.3, -0.25) is 0 Å². The molecule has 0 atom stereocenters. The monoisotopic (exact) mass is 309 g/mol. The standard InChI is InChI=1S/C19H24BNO2/c1-7-13-14-11-9-10-12-16(14)21-17(13)15(8-2)20-22-18(3,4)19(5,6)23-20/h7-12,21H,1H2,2-6H3/b15-8+. The minimum absolute atomic E-state index is 0.355. The van der Waals surface area contributed by atoms with Crippen LogP contribution in [0.3, 0.4) is 0 Å². The van der Waals surface area contributed by atoms with E-state index < -0.39 is 7.12 Å². The molecule has 1 saturated heterocycles. The van der Waals surface area contributed by atoms with E-state index in [9.17, 15) is 0 Å². The van der Waals surface area contributed by atoms with Crippen molar-refractivity contribution in [2.24, 2.45) is 0 Å². The lowest BCUT2D eigenvalue weighted by atomic mass is 9.75. The van der Waals surface area contributed by atoms with Crippen LogP contribution in [-0.4, -0.2) is 23.3 Å². The summed E-state index contributed by atoms with van der Waals surface area (Å²) in [6.45, 7) is 14.3. The fourth-order valence-corrected chi connectivity index (χ4v) is 2.97. The number of rotatable bonds is 3. The van der Waals surface area contributed by atoms with Crippen LogP contribution >= 0.6 is 0 Å². The maximum absolute atomic E-state index is 6.22. The number of aromatic nitrogens is 1. The van der Waals surface area contributed by atoms with E-state index in [-0.39, 0.29) is 11.2 Å². The first kappa shape index (κ1) is 16.1. The number of hydrogen-bond acceptors (Lipinski definition) is 2. The number of nitrogens with one attached hydrogen (secondary N) is 1. The van der Waals surface area contributed by atoms with Crippen LogP contribution in [0.15, 0.2) is 36.9 Å². The fraction of sp³-hybridized carbons (Fsp3) is 0.368. The first-order valence-electron chi connectivity index (χ1n) is 8.06. The zero-order valence-corrected chi connectivity index (χ0v) is 14.6. The first-order chi connectivity index (χ1) is 10.8. The summed E-state index contributed by atoms with van der Waals surface area (Å²) < 4.78 is 12.4. The normalized spacial score (nSPS) is 20.2. The number of para-hydroxylation sites is 1. The van der Waals surface area contributed by atoms with E-state index >= 15 is 0 Å². The highest BCUT2D eigenvalue weighted by molar-refractivity contribution is 6.69. The van der Waals surface area contributed by atoms with Gasteiger partial charge >= 0.3 is 7.12 Å². The zero-order valence-electron chi connectivity index (χ0n) is 14.6. The topological polar surface area (TPSA) is 34.2 Å². The van der Waals surface area contributed by atoms with Crippen molar-refractivity contribution < 1.29 is 9.31 Å². The largest absolute Gasteiger partial charge is 0.496 e. The SMILES string of the molecule is C=Cc1c(/C(=C\C)B2OC(C)(C)C(C)(C)O2)[nH]c2ccccc12. The molecule has 2 aromatic rings. The molecule has 1 aliphatic heterocycles. The van der Waals surface area contributed by atoms with E-state index in [0.29, 0.717) is 0 Å². The van der Waals surface area contributed by atoms with Gasteiger partial charge in [0.05, 0.1) is 11.2 Å². The number of aromatic amines is 1. The summed E-state index contributed by atoms with van der Waals surface area (Å²) in [5, 5.41) is 1.16. The predicted octanol–water partition coefficient (Wildman–Crippen LogP) is 4.85. The van der Waals surface area contributed by atoms with E-state index in [0.717, 1.165) is 27.6 Å². The van der Waals surface area contributed by atoms with E-state index in [1.165, 1.54) is 0 Å². The highest BCUT2D eigenvalue weighted by atomic mass is 16.7. The quantitative estimate of drug-likeness (QED) is 0.823. The predicted molar refractivity (Wildman–Crippen MR) is 98.1 cm³/mol. The lowest BCUT2D eigenvalue weighted by Crippen LogP contribution is -2.41. The summed E-state index contributed by atoms with van der Waals surface area (Å²) >= 11 is 0. The van der Waals surface area contributed by atoms with Crippen LogP contribution in [0.5, 0.6) is 0 Å². The number of allylic oxidation sites excluding steroid dienone is 1. The molecule has 2 heterocycles. The molecule has 0 spiro atoms. The molecule has 0 unspecified atom stereocenters. The fourth-order valence-electron chi connectivity index (χ4n) is 2.97. The van der Waals surface area contributed by atoms with E-state index in [2.05, 4.69) is 57.5 Å². The molecule has 1 aromatic carbocycles. The zero-order chi connectivity index (χ0) is 16.8. The lowest BCUT2D eigenvalue weighted by molar-refractivity contribution is 0.00578. The van der Waals surface area contributed by atoms with E-state index in [1.807, 2.05) is 25.1 Å². The molecule has 120 valence electrons. The minimum Gasteiger partial charge on any atom is -0.399 e. The number of H-pyrrole nitrogens is 1. The van der Waals surface area contributed by atoms with Crippen LogP contribution < -0.4 is 0 Å². The molecular weight excluding hydrogens is 285 g/mol. The Morgan fingerprint density at radius 1 is 1.13 bits per heavy atom. The van der Waals surface area contributed by atoms with Crippen molar-refractivity contribution in [1.29, 1.82) is 0 Å². The third-order valence-electron chi connectivity index (χ3n) is 5.06. The molecule has 4 heteroatoms. The Morgan fingerprint density at radius 3 is 2.30 bits per heavy atom. The summed E-state index contributed by atoms with van der Waals surface area (Å²) in [4.78, 5) is 3.50. The Hall–Kier alpha value is -1.78. The summed E-state index contributed by atoms with van der Waals surface area (Å²) in [6.07, 6.45) is 3.95. The molecule has 0 saturated carbocycles. The van der Waals surface area contributed by atoms with E-state index in [4.69, 9.17) is 9.31 Å². The van der Waals surface area contributed by atoms with Crippen molar-refractivity contribution in [2.45, 2.75) is 45.8 Å². The van der Waals surface area contributed by atoms with Gasteiger partial charge in [0.2, 0.25) is 0 Å². The average Bonchev–Trinajstić information content (AvgIpc) is 2.94. The van der Waals surface area contributed by atoms with Gasteiger partial charge < -0.3 is 14.3 Å². The summed E-state index contributed by atoms with van der Waals surface area (Å²) in [5.41, 5.74) is 3.49. The van der Waals surface area contributed by atoms with Crippen LogP contribution in [0.2, 0.25) is 0 Å². The lowest BCUT2D eigenvalue weighted by Gasteiger charge is -2.32. The molecule has 0 radical (unpaired) electrons. The maximum Gasteiger partial charge on any atom is 0.496 e. The van der Waals surface area contributed by atoms with Gasteiger partial charge in [-0.05, 0) is 40.7 Å². The Labute approximate surface area is 138 Å². The summed E-state index contributed by atoms with van der Waals surface area (Å²) in [5.74, 6) is 0. The van der Waals surface area contributed by atoms with Gasteiger partial charge in [0.1, 0.15) is 0 Å². The van der Waals surface area contributed by atoms with Crippen molar-refractivity contribution in [1.82, 2.24) is 4.98 Å². The number of fused-ring (bicyclic) bond motifs is 1. The van der Waals surface area contributed by atoms with Crippen LogP contribution in [0.4, 0.5) is 0 Å². The Bertz CT molecular complexity index is 770. The first-order valence-corrected chi connectivity index (χ1v) is 8.06. The molecule has 23 heavy (non-hydrogen) atoms. The molecule has 1 aromatic heterocycles. The number of hydrogen-bond donors (Lipinski definition) is 1. The number of benzene rings is 1. The highest BCUT2D eigenvalue weighted by Gasteiger charge is 2.52. The highest BCUT2D eigenvalue weighted by Crippen LogP contribution is 2.41. The van der Waals surface area contributed by atoms with Gasteiger partial charge in [0.15, 0.2) is 0 Å². The molecule has 1 fully saturated rings. The summed E-state index contributed by atoms with van der Waals surface area (Å²) in [7, 11) is -0.392. The van der Waals surface area contributed by atoms with Gasteiger partial charge in [-0.25, -0.2) is 0 Å². The molecule has 1 N–H and O–H groups in total. The molecular formula is C19H24BNO2. The van der Waals surface area contributed by atoms with Crippen molar-refractivity contribution in [2.75, 3.05) is 0 Å². The molecule has 3 nitrogen and oxygen atoms in total. The third-order valence-corrected chi connectivity index (χ3v) is 5.06. The van der Waals surface area contributed by atoms with E-state index in [1.54, 1.807) is 0 Å². The van der Waals surface area contributed by atoms with Crippen molar-refractivity contribution in [3.8, 4) is 0 Å². The van der Waals surface area contributed by atoms with Gasteiger partial charge in [-0.1, -0.05) is 36.9 Å². The summed E-state index contributed by atoms with van der Waals surface area (Å²) in [6, 6.07) is 8.24. The van der Waals surface area contributed by atoms with Crippen LogP contribution in [0, 0.1) is 0 Å². The smallest absolute Gasteiger partial charge is 0.399 e. The Balaban J connectivity index is 2.09. The van der Waals surface area contributed by atoms with Crippen molar-refractivity contribution in [3.05, 3.63) is 48.2 Å². The minimum atomic E-state index is -0.392. The average molecular weight is 309 g/mol. The van der Waals surface area contributed by atoms with Gasteiger partial charge in [0, 0.05) is 27.6 Å². The second-order valence-corrected chi connectivity index (χ2v) is 7.00. The van der Waals surface area contributed by atoms with Gasteiger partial charge in [0.25, 0.3) is 0 Å². The van der Waals surface area contributed by atoms with Gasteiger partial charge in [-0.2, -0.15) is 0 Å². The molecule has 1 aliphatic rings. The second-order valence-electron chi connectivity index (χ2n) is 7.00. The Kier molecular flexibility index (Phi) is 3.78. The molecule has 3 rings (SSSR count). The molecule has 0 amide bonds. The third kappa shape index (κ3) is 2.46. The maximum atomic E-state index is 6.22. The van der Waals surface area contributed by atoms with Crippen molar-refractivity contribution in [3.63, 3.8) is 0 Å². The van der Waals surface area contributed by atoms with Crippen LogP contribution in [-0.2, 0) is 9.31 Å². The molecule has 0 aliphatic carbocycles. The van der Waals surface area contributed by atoms with Gasteiger partial charge in [-0.15, -0.1) is 0 Å². The Morgan fingerprint density at radius 2 is 1.74 bits per heavy atom. The second kappa shape index (κ2) is 5.39.